The fraction of sp³-hybridized carbons (Fsp3) is 0.467. The molecule has 1 fully saturated rings. The zero-order valence-corrected chi connectivity index (χ0v) is 11.7. The second-order valence-corrected chi connectivity index (χ2v) is 5.29. The molecular weight excluding hydrogens is 254 g/mol. The summed E-state index contributed by atoms with van der Waals surface area (Å²) in [5.41, 5.74) is 11.9. The molecule has 0 spiro atoms. The molecule has 1 aromatic rings. The molecule has 5 nitrogen and oxygen atoms in total. The van der Waals surface area contributed by atoms with E-state index < -0.39 is 0 Å². The topological polar surface area (TPSA) is 90.7 Å². The summed E-state index contributed by atoms with van der Waals surface area (Å²) in [5, 5.41) is 0. The minimum Gasteiger partial charge on any atom is -0.426 e. The van der Waals surface area contributed by atoms with E-state index in [0.29, 0.717) is 5.75 Å². The SMILES string of the molecule is Cc1ccc(OC(=O)C2CCC(N=C(N)N)CC2)cc1. The highest BCUT2D eigenvalue weighted by molar-refractivity contribution is 5.76. The minimum absolute atomic E-state index is 0.0539. The number of hydrogen-bond acceptors (Lipinski definition) is 3. The van der Waals surface area contributed by atoms with E-state index in [1.165, 1.54) is 0 Å². The van der Waals surface area contributed by atoms with Crippen LogP contribution in [-0.4, -0.2) is 18.0 Å². The van der Waals surface area contributed by atoms with Crippen LogP contribution in [0.5, 0.6) is 5.75 Å². The van der Waals surface area contributed by atoms with Crippen molar-refractivity contribution in [3.8, 4) is 5.75 Å². The molecule has 0 amide bonds. The van der Waals surface area contributed by atoms with Crippen LogP contribution in [0, 0.1) is 12.8 Å². The van der Waals surface area contributed by atoms with Gasteiger partial charge in [-0.05, 0) is 44.7 Å². The van der Waals surface area contributed by atoms with Crippen molar-refractivity contribution in [3.05, 3.63) is 29.8 Å². The smallest absolute Gasteiger partial charge is 0.314 e. The van der Waals surface area contributed by atoms with Gasteiger partial charge in [-0.25, -0.2) is 0 Å². The van der Waals surface area contributed by atoms with Gasteiger partial charge in [0.1, 0.15) is 5.75 Å². The Bertz CT molecular complexity index is 484. The Morgan fingerprint density at radius 3 is 2.30 bits per heavy atom. The van der Waals surface area contributed by atoms with Crippen LogP contribution in [0.15, 0.2) is 29.3 Å². The zero-order valence-electron chi connectivity index (χ0n) is 11.7. The molecule has 2 rings (SSSR count). The third-order valence-corrected chi connectivity index (χ3v) is 3.60. The lowest BCUT2D eigenvalue weighted by Gasteiger charge is -2.24. The molecule has 108 valence electrons. The average Bonchev–Trinajstić information content (AvgIpc) is 2.41. The second-order valence-electron chi connectivity index (χ2n) is 5.29. The highest BCUT2D eigenvalue weighted by Crippen LogP contribution is 2.27. The van der Waals surface area contributed by atoms with Gasteiger partial charge in [0.05, 0.1) is 12.0 Å². The van der Waals surface area contributed by atoms with Gasteiger partial charge in [-0.2, -0.15) is 0 Å². The maximum atomic E-state index is 12.1. The summed E-state index contributed by atoms with van der Waals surface area (Å²) in [5.74, 6) is 0.515. The third-order valence-electron chi connectivity index (χ3n) is 3.60. The molecule has 0 bridgehead atoms. The molecule has 0 atom stereocenters. The molecule has 0 aromatic heterocycles. The Morgan fingerprint density at radius 2 is 1.75 bits per heavy atom. The van der Waals surface area contributed by atoms with Crippen molar-refractivity contribution in [1.82, 2.24) is 0 Å². The van der Waals surface area contributed by atoms with Crippen LogP contribution in [0.2, 0.25) is 0 Å². The van der Waals surface area contributed by atoms with Gasteiger partial charge in [0.15, 0.2) is 5.96 Å². The Balaban J connectivity index is 1.86. The van der Waals surface area contributed by atoms with Gasteiger partial charge in [-0.3, -0.25) is 9.79 Å². The summed E-state index contributed by atoms with van der Waals surface area (Å²) in [7, 11) is 0. The van der Waals surface area contributed by atoms with Crippen LogP contribution in [0.3, 0.4) is 0 Å². The first-order chi connectivity index (χ1) is 9.54. The Labute approximate surface area is 119 Å². The summed E-state index contributed by atoms with van der Waals surface area (Å²) in [6.07, 6.45) is 3.19. The predicted octanol–water partition coefficient (Wildman–Crippen LogP) is 1.73. The average molecular weight is 275 g/mol. The van der Waals surface area contributed by atoms with E-state index in [-0.39, 0.29) is 23.9 Å². The molecule has 0 saturated heterocycles. The van der Waals surface area contributed by atoms with Crippen LogP contribution in [0.1, 0.15) is 31.2 Å². The number of aliphatic imine (C=N–C) groups is 1. The molecule has 1 aliphatic carbocycles. The summed E-state index contributed by atoms with van der Waals surface area (Å²) in [4.78, 5) is 16.2. The van der Waals surface area contributed by atoms with E-state index >= 15 is 0 Å². The van der Waals surface area contributed by atoms with Crippen molar-refractivity contribution in [2.45, 2.75) is 38.6 Å². The van der Waals surface area contributed by atoms with Gasteiger partial charge in [-0.15, -0.1) is 0 Å². The van der Waals surface area contributed by atoms with Gasteiger partial charge in [-0.1, -0.05) is 17.7 Å². The monoisotopic (exact) mass is 275 g/mol. The van der Waals surface area contributed by atoms with E-state index in [9.17, 15) is 4.79 Å². The Morgan fingerprint density at radius 1 is 1.15 bits per heavy atom. The van der Waals surface area contributed by atoms with Gasteiger partial charge < -0.3 is 16.2 Å². The molecule has 0 aliphatic heterocycles. The summed E-state index contributed by atoms with van der Waals surface area (Å²) >= 11 is 0. The summed E-state index contributed by atoms with van der Waals surface area (Å²) in [6, 6.07) is 7.64. The number of aryl methyl sites for hydroxylation is 1. The molecular formula is C15H21N3O2. The van der Waals surface area contributed by atoms with Gasteiger partial charge in [0, 0.05) is 0 Å². The molecule has 1 saturated carbocycles. The van der Waals surface area contributed by atoms with Crippen LogP contribution < -0.4 is 16.2 Å². The Hall–Kier alpha value is -2.04. The first-order valence-corrected chi connectivity index (χ1v) is 6.91. The van der Waals surface area contributed by atoms with E-state index in [2.05, 4.69) is 4.99 Å². The van der Waals surface area contributed by atoms with Crippen molar-refractivity contribution in [2.75, 3.05) is 0 Å². The van der Waals surface area contributed by atoms with Crippen molar-refractivity contribution in [1.29, 1.82) is 0 Å². The molecule has 4 N–H and O–H groups in total. The number of nitrogens with two attached hydrogens (primary N) is 2. The van der Waals surface area contributed by atoms with Crippen LogP contribution >= 0.6 is 0 Å². The molecule has 0 radical (unpaired) electrons. The number of nitrogens with zero attached hydrogens (tertiary/aromatic N) is 1. The lowest BCUT2D eigenvalue weighted by molar-refractivity contribution is -0.140. The first-order valence-electron chi connectivity index (χ1n) is 6.91. The summed E-state index contributed by atoms with van der Waals surface area (Å²) in [6.45, 7) is 2.00. The van der Waals surface area contributed by atoms with Crippen LogP contribution in [0.4, 0.5) is 0 Å². The van der Waals surface area contributed by atoms with Gasteiger partial charge >= 0.3 is 5.97 Å². The van der Waals surface area contributed by atoms with Crippen molar-refractivity contribution >= 4 is 11.9 Å². The predicted molar refractivity (Wildman–Crippen MR) is 78.4 cm³/mol. The number of guanidine groups is 1. The van der Waals surface area contributed by atoms with Gasteiger partial charge in [0.25, 0.3) is 0 Å². The Kier molecular flexibility index (Phi) is 4.61. The molecule has 1 aliphatic rings. The third kappa shape index (κ3) is 3.98. The van der Waals surface area contributed by atoms with Crippen molar-refractivity contribution < 1.29 is 9.53 Å². The number of esters is 1. The van der Waals surface area contributed by atoms with E-state index in [0.717, 1.165) is 31.2 Å². The molecule has 0 unspecified atom stereocenters. The highest BCUT2D eigenvalue weighted by Gasteiger charge is 2.27. The fourth-order valence-corrected chi connectivity index (χ4v) is 2.46. The standard InChI is InChI=1S/C15H21N3O2/c1-10-2-8-13(9-3-10)20-14(19)11-4-6-12(7-5-11)18-15(16)17/h2-3,8-9,11-12H,4-7H2,1H3,(H4,16,17,18). The fourth-order valence-electron chi connectivity index (χ4n) is 2.46. The normalized spacial score (nSPS) is 22.1. The minimum atomic E-state index is -0.156. The van der Waals surface area contributed by atoms with Crippen LogP contribution in [0.25, 0.3) is 0 Å². The quantitative estimate of drug-likeness (QED) is 0.380. The molecule has 20 heavy (non-hydrogen) atoms. The van der Waals surface area contributed by atoms with Crippen molar-refractivity contribution in [2.24, 2.45) is 22.4 Å². The molecule has 0 heterocycles. The summed E-state index contributed by atoms with van der Waals surface area (Å²) < 4.78 is 5.40. The first kappa shape index (κ1) is 14.4. The van der Waals surface area contributed by atoms with E-state index in [1.54, 1.807) is 0 Å². The molecule has 5 heteroatoms. The number of hydrogen-bond donors (Lipinski definition) is 2. The van der Waals surface area contributed by atoms with Crippen LogP contribution in [-0.2, 0) is 4.79 Å². The van der Waals surface area contributed by atoms with E-state index in [1.807, 2.05) is 31.2 Å². The number of carbonyl (C=O) groups excluding carboxylic acids is 1. The molecule has 1 aromatic carbocycles. The maximum absolute atomic E-state index is 12.1. The number of benzene rings is 1. The second kappa shape index (κ2) is 6.41. The van der Waals surface area contributed by atoms with Gasteiger partial charge in [0.2, 0.25) is 0 Å². The lowest BCUT2D eigenvalue weighted by Crippen LogP contribution is -2.30. The highest BCUT2D eigenvalue weighted by atomic mass is 16.5. The number of rotatable bonds is 3. The number of ether oxygens (including phenoxy) is 1. The van der Waals surface area contributed by atoms with E-state index in [4.69, 9.17) is 16.2 Å². The van der Waals surface area contributed by atoms with Crippen molar-refractivity contribution in [3.63, 3.8) is 0 Å². The lowest BCUT2D eigenvalue weighted by atomic mass is 9.86. The largest absolute Gasteiger partial charge is 0.426 e. The number of carbonyl (C=O) groups is 1. The maximum Gasteiger partial charge on any atom is 0.314 e. The zero-order chi connectivity index (χ0) is 14.5.